The van der Waals surface area contributed by atoms with Crippen LogP contribution in [0.5, 0.6) is 0 Å². The van der Waals surface area contributed by atoms with E-state index in [1.807, 2.05) is 4.90 Å². The number of nitrogens with zero attached hydrogens (tertiary/aromatic N) is 3. The summed E-state index contributed by atoms with van der Waals surface area (Å²) < 4.78 is 43.4. The molecule has 2 aliphatic rings. The van der Waals surface area contributed by atoms with Gasteiger partial charge < -0.3 is 19.6 Å². The van der Waals surface area contributed by atoms with Gasteiger partial charge in [-0.15, -0.1) is 0 Å². The lowest BCUT2D eigenvalue weighted by molar-refractivity contribution is -0.138. The van der Waals surface area contributed by atoms with E-state index in [9.17, 15) is 18.0 Å². The molecule has 3 rings (SSSR count). The summed E-state index contributed by atoms with van der Waals surface area (Å²) in [7, 11) is 0. The van der Waals surface area contributed by atoms with Crippen molar-refractivity contribution >= 4 is 11.7 Å². The second kappa shape index (κ2) is 7.79. The lowest BCUT2D eigenvalue weighted by Crippen LogP contribution is -2.49. The molecule has 6 nitrogen and oxygen atoms in total. The lowest BCUT2D eigenvalue weighted by Gasteiger charge is -2.36. The van der Waals surface area contributed by atoms with E-state index in [0.717, 1.165) is 25.1 Å². The van der Waals surface area contributed by atoms with Crippen LogP contribution in [0.15, 0.2) is 18.3 Å². The number of anilines is 1. The summed E-state index contributed by atoms with van der Waals surface area (Å²) in [4.78, 5) is 19.9. The van der Waals surface area contributed by atoms with E-state index in [0.29, 0.717) is 38.4 Å². The molecule has 0 bridgehead atoms. The van der Waals surface area contributed by atoms with Crippen molar-refractivity contribution in [2.45, 2.75) is 37.6 Å². The summed E-state index contributed by atoms with van der Waals surface area (Å²) in [6, 6.07) is 2.39. The Morgan fingerprint density at radius 3 is 2.42 bits per heavy atom. The van der Waals surface area contributed by atoms with Gasteiger partial charge in [-0.05, 0) is 25.0 Å². The highest BCUT2D eigenvalue weighted by molar-refractivity contribution is 5.77. The van der Waals surface area contributed by atoms with E-state index in [1.165, 1.54) is 6.07 Å². The maximum Gasteiger partial charge on any atom is 0.417 e. The second-order valence-corrected chi connectivity index (χ2v) is 6.61. The number of halogens is 3. The molecule has 2 aliphatic heterocycles. The normalized spacial score (nSPS) is 24.2. The minimum absolute atomic E-state index is 0.00798. The van der Waals surface area contributed by atoms with Gasteiger partial charge in [0.15, 0.2) is 0 Å². The fraction of sp³-hybridized carbons (Fsp3) is 0.647. The molecule has 1 amide bonds. The number of piperazine rings is 1. The van der Waals surface area contributed by atoms with Gasteiger partial charge in [0.05, 0.1) is 30.8 Å². The fourth-order valence-electron chi connectivity index (χ4n) is 3.31. The first-order valence-electron chi connectivity index (χ1n) is 8.69. The standard InChI is InChI=1S/C17H22F3N3O3/c18-17(19,20)12-1-4-15(21-10-12)22-5-7-23(8-6-22)16(25)9-13-2-3-14(11-24)26-13/h1,4,10,13-14,24H,2-3,5-9,11H2. The average Bonchev–Trinajstić information content (AvgIpc) is 3.09. The van der Waals surface area contributed by atoms with Gasteiger partial charge in [-0.25, -0.2) is 4.98 Å². The summed E-state index contributed by atoms with van der Waals surface area (Å²) in [5.74, 6) is 0.489. The molecule has 0 spiro atoms. The summed E-state index contributed by atoms with van der Waals surface area (Å²) in [5, 5.41) is 9.07. The number of carbonyl (C=O) groups is 1. The van der Waals surface area contributed by atoms with E-state index >= 15 is 0 Å². The van der Waals surface area contributed by atoms with Gasteiger partial charge >= 0.3 is 6.18 Å². The van der Waals surface area contributed by atoms with Crippen molar-refractivity contribution in [3.63, 3.8) is 0 Å². The molecule has 1 aromatic rings. The van der Waals surface area contributed by atoms with Gasteiger partial charge in [-0.3, -0.25) is 4.79 Å². The number of hydrogen-bond acceptors (Lipinski definition) is 5. The third kappa shape index (κ3) is 4.45. The van der Waals surface area contributed by atoms with Crippen LogP contribution in [0.1, 0.15) is 24.8 Å². The first-order valence-corrected chi connectivity index (χ1v) is 8.69. The Bertz CT molecular complexity index is 616. The van der Waals surface area contributed by atoms with E-state index < -0.39 is 11.7 Å². The topological polar surface area (TPSA) is 65.9 Å². The highest BCUT2D eigenvalue weighted by Gasteiger charge is 2.32. The van der Waals surface area contributed by atoms with Gasteiger partial charge in [-0.1, -0.05) is 0 Å². The Kier molecular flexibility index (Phi) is 5.67. The Hall–Kier alpha value is -1.87. The zero-order valence-electron chi connectivity index (χ0n) is 14.3. The van der Waals surface area contributed by atoms with Crippen LogP contribution < -0.4 is 4.90 Å². The summed E-state index contributed by atoms with van der Waals surface area (Å²) in [5.41, 5.74) is -0.771. The first-order chi connectivity index (χ1) is 12.4. The molecule has 2 saturated heterocycles. The van der Waals surface area contributed by atoms with Crippen molar-refractivity contribution in [3.8, 4) is 0 Å². The van der Waals surface area contributed by atoms with Gasteiger partial charge in [-0.2, -0.15) is 13.2 Å². The molecule has 2 atom stereocenters. The van der Waals surface area contributed by atoms with Crippen molar-refractivity contribution in [3.05, 3.63) is 23.9 Å². The van der Waals surface area contributed by atoms with Crippen LogP contribution >= 0.6 is 0 Å². The largest absolute Gasteiger partial charge is 0.417 e. The van der Waals surface area contributed by atoms with E-state index in [4.69, 9.17) is 9.84 Å². The summed E-state index contributed by atoms with van der Waals surface area (Å²) in [6.07, 6.45) is -2.04. The predicted octanol–water partition coefficient (Wildman–Crippen LogP) is 1.68. The molecule has 1 N–H and O–H groups in total. The number of hydrogen-bond donors (Lipinski definition) is 1. The molecule has 0 saturated carbocycles. The number of aliphatic hydroxyl groups is 1. The van der Waals surface area contributed by atoms with Crippen LogP contribution in [0.4, 0.5) is 19.0 Å². The average molecular weight is 373 g/mol. The molecule has 2 fully saturated rings. The van der Waals surface area contributed by atoms with Crippen molar-refractivity contribution in [2.75, 3.05) is 37.7 Å². The van der Waals surface area contributed by atoms with Crippen molar-refractivity contribution < 1.29 is 27.8 Å². The highest BCUT2D eigenvalue weighted by atomic mass is 19.4. The van der Waals surface area contributed by atoms with Gasteiger partial charge in [0, 0.05) is 32.4 Å². The Morgan fingerprint density at radius 2 is 1.88 bits per heavy atom. The molecule has 1 aromatic heterocycles. The molecule has 26 heavy (non-hydrogen) atoms. The van der Waals surface area contributed by atoms with Crippen LogP contribution in [0.2, 0.25) is 0 Å². The minimum atomic E-state index is -4.39. The van der Waals surface area contributed by atoms with Crippen LogP contribution in [0.25, 0.3) is 0 Å². The van der Waals surface area contributed by atoms with Crippen LogP contribution in [-0.4, -0.2) is 65.9 Å². The zero-order chi connectivity index (χ0) is 18.7. The van der Waals surface area contributed by atoms with E-state index in [2.05, 4.69) is 4.98 Å². The molecule has 2 unspecified atom stereocenters. The summed E-state index contributed by atoms with van der Waals surface area (Å²) in [6.45, 7) is 2.02. The molecule has 0 aliphatic carbocycles. The van der Waals surface area contributed by atoms with Gasteiger partial charge in [0.1, 0.15) is 5.82 Å². The van der Waals surface area contributed by atoms with Crippen LogP contribution in [0, 0.1) is 0 Å². The van der Waals surface area contributed by atoms with E-state index in [-0.39, 0.29) is 24.7 Å². The maximum absolute atomic E-state index is 12.6. The maximum atomic E-state index is 12.6. The molecule has 0 radical (unpaired) electrons. The third-order valence-corrected chi connectivity index (χ3v) is 4.83. The number of rotatable bonds is 4. The number of pyridine rings is 1. The second-order valence-electron chi connectivity index (χ2n) is 6.61. The van der Waals surface area contributed by atoms with Crippen molar-refractivity contribution in [1.82, 2.24) is 9.88 Å². The molecule has 3 heterocycles. The third-order valence-electron chi connectivity index (χ3n) is 4.83. The molecular formula is C17H22F3N3O3. The Labute approximate surface area is 149 Å². The molecule has 0 aromatic carbocycles. The Balaban J connectivity index is 1.48. The molecule has 9 heteroatoms. The highest BCUT2D eigenvalue weighted by Crippen LogP contribution is 2.29. The number of carbonyl (C=O) groups excluding carboxylic acids is 1. The minimum Gasteiger partial charge on any atom is -0.394 e. The van der Waals surface area contributed by atoms with E-state index in [1.54, 1.807) is 4.90 Å². The Morgan fingerprint density at radius 1 is 1.19 bits per heavy atom. The number of aromatic nitrogens is 1. The van der Waals surface area contributed by atoms with Gasteiger partial charge in [0.25, 0.3) is 0 Å². The lowest BCUT2D eigenvalue weighted by atomic mass is 10.1. The summed E-state index contributed by atoms with van der Waals surface area (Å²) >= 11 is 0. The van der Waals surface area contributed by atoms with Crippen LogP contribution in [0.3, 0.4) is 0 Å². The number of ether oxygens (including phenoxy) is 1. The predicted molar refractivity (Wildman–Crippen MR) is 87.6 cm³/mol. The van der Waals surface area contributed by atoms with Crippen molar-refractivity contribution in [2.24, 2.45) is 0 Å². The number of amides is 1. The molecular weight excluding hydrogens is 351 g/mol. The van der Waals surface area contributed by atoms with Gasteiger partial charge in [0.2, 0.25) is 5.91 Å². The monoisotopic (exact) mass is 373 g/mol. The zero-order valence-corrected chi connectivity index (χ0v) is 14.3. The first kappa shape index (κ1) is 18.9. The number of aliphatic hydroxyl groups excluding tert-OH is 1. The quantitative estimate of drug-likeness (QED) is 0.870. The fourth-order valence-corrected chi connectivity index (χ4v) is 3.31. The SMILES string of the molecule is O=C(CC1CCC(CO)O1)N1CCN(c2ccc(C(F)(F)F)cn2)CC1. The smallest absolute Gasteiger partial charge is 0.394 e. The van der Waals surface area contributed by atoms with Crippen LogP contribution in [-0.2, 0) is 15.7 Å². The number of alkyl halides is 3. The van der Waals surface area contributed by atoms with Crippen molar-refractivity contribution in [1.29, 1.82) is 0 Å². The molecule has 144 valence electrons.